The van der Waals surface area contributed by atoms with Crippen LogP contribution in [0.2, 0.25) is 0 Å². The number of carbonyl (C=O) groups is 1. The van der Waals surface area contributed by atoms with Crippen LogP contribution in [0, 0.1) is 11.3 Å². The van der Waals surface area contributed by atoms with Gasteiger partial charge in [0, 0.05) is 22.7 Å². The number of rotatable bonds is 3. The number of hydrogen-bond acceptors (Lipinski definition) is 4. The van der Waals surface area contributed by atoms with Crippen LogP contribution in [0.1, 0.15) is 15.9 Å². The third-order valence-electron chi connectivity index (χ3n) is 3.10. The summed E-state index contributed by atoms with van der Waals surface area (Å²) in [5.41, 5.74) is 2.37. The molecule has 0 saturated heterocycles. The Morgan fingerprint density at radius 2 is 2.05 bits per heavy atom. The van der Waals surface area contributed by atoms with E-state index in [1.165, 1.54) is 11.3 Å². The zero-order valence-corrected chi connectivity index (χ0v) is 12.3. The second-order valence-electron chi connectivity index (χ2n) is 4.53. The number of thiazole rings is 1. The fourth-order valence-corrected chi connectivity index (χ4v) is 2.68. The van der Waals surface area contributed by atoms with E-state index in [0.717, 1.165) is 10.6 Å². The molecule has 0 unspecified atom stereocenters. The highest BCUT2D eigenvalue weighted by molar-refractivity contribution is 7.13. The maximum Gasteiger partial charge on any atom is 0.255 e. The number of nitrogens with zero attached hydrogens (tertiary/aromatic N) is 2. The molecule has 0 bridgehead atoms. The molecule has 0 atom stereocenters. The van der Waals surface area contributed by atoms with Crippen LogP contribution in [0.25, 0.3) is 10.6 Å². The Balaban J connectivity index is 1.87. The van der Waals surface area contributed by atoms with Gasteiger partial charge in [0.1, 0.15) is 11.1 Å². The van der Waals surface area contributed by atoms with Gasteiger partial charge in [-0.05, 0) is 24.3 Å². The topological polar surface area (TPSA) is 65.8 Å². The van der Waals surface area contributed by atoms with Gasteiger partial charge in [-0.15, -0.1) is 11.3 Å². The summed E-state index contributed by atoms with van der Waals surface area (Å²) in [4.78, 5) is 16.6. The van der Waals surface area contributed by atoms with Crippen molar-refractivity contribution in [3.05, 3.63) is 71.2 Å². The van der Waals surface area contributed by atoms with Crippen LogP contribution >= 0.6 is 11.3 Å². The minimum Gasteiger partial charge on any atom is -0.321 e. The van der Waals surface area contributed by atoms with Crippen molar-refractivity contribution >= 4 is 22.9 Å². The number of nitriles is 1. The maximum absolute atomic E-state index is 12.4. The van der Waals surface area contributed by atoms with E-state index >= 15 is 0 Å². The predicted octanol–water partition coefficient (Wildman–Crippen LogP) is 3.93. The molecule has 0 aliphatic rings. The number of aromatic nitrogens is 1. The quantitative estimate of drug-likeness (QED) is 0.797. The van der Waals surface area contributed by atoms with Crippen molar-refractivity contribution in [1.29, 1.82) is 5.26 Å². The number of anilines is 1. The van der Waals surface area contributed by atoms with Crippen molar-refractivity contribution in [3.63, 3.8) is 0 Å². The molecule has 1 N–H and O–H groups in total. The number of amides is 1. The van der Waals surface area contributed by atoms with E-state index in [0.29, 0.717) is 16.8 Å². The second-order valence-corrected chi connectivity index (χ2v) is 5.42. The number of carbonyl (C=O) groups excluding carboxylic acids is 1. The summed E-state index contributed by atoms with van der Waals surface area (Å²) in [7, 11) is 0. The van der Waals surface area contributed by atoms with Gasteiger partial charge in [0.25, 0.3) is 5.91 Å². The van der Waals surface area contributed by atoms with E-state index in [2.05, 4.69) is 16.4 Å². The van der Waals surface area contributed by atoms with Crippen molar-refractivity contribution in [3.8, 4) is 16.6 Å². The Labute approximate surface area is 131 Å². The van der Waals surface area contributed by atoms with Crippen LogP contribution in [0.3, 0.4) is 0 Å². The van der Waals surface area contributed by atoms with Crippen LogP contribution < -0.4 is 5.32 Å². The summed E-state index contributed by atoms with van der Waals surface area (Å²) >= 11 is 1.52. The zero-order chi connectivity index (χ0) is 15.4. The lowest BCUT2D eigenvalue weighted by Crippen LogP contribution is -2.12. The Morgan fingerprint density at radius 3 is 2.82 bits per heavy atom. The molecule has 4 nitrogen and oxygen atoms in total. The van der Waals surface area contributed by atoms with Crippen LogP contribution in [-0.4, -0.2) is 10.9 Å². The van der Waals surface area contributed by atoms with Crippen molar-refractivity contribution in [2.75, 3.05) is 5.32 Å². The third-order valence-corrected chi connectivity index (χ3v) is 3.92. The molecule has 0 spiro atoms. The number of benzene rings is 2. The van der Waals surface area contributed by atoms with E-state index < -0.39 is 0 Å². The molecule has 1 amide bonds. The molecule has 0 radical (unpaired) electrons. The first-order valence-corrected chi connectivity index (χ1v) is 7.46. The Kier molecular flexibility index (Phi) is 3.95. The molecule has 3 aromatic rings. The van der Waals surface area contributed by atoms with Gasteiger partial charge in [-0.1, -0.05) is 24.3 Å². The highest BCUT2D eigenvalue weighted by Crippen LogP contribution is 2.23. The summed E-state index contributed by atoms with van der Waals surface area (Å²) in [6, 6.07) is 16.3. The summed E-state index contributed by atoms with van der Waals surface area (Å²) in [6.07, 6.45) is 1.73. The monoisotopic (exact) mass is 305 g/mol. The van der Waals surface area contributed by atoms with E-state index in [-0.39, 0.29) is 5.91 Å². The summed E-state index contributed by atoms with van der Waals surface area (Å²) in [6.45, 7) is 0. The van der Waals surface area contributed by atoms with Gasteiger partial charge in [0.05, 0.1) is 11.3 Å². The summed E-state index contributed by atoms with van der Waals surface area (Å²) in [5.74, 6) is -0.249. The van der Waals surface area contributed by atoms with Gasteiger partial charge >= 0.3 is 0 Å². The maximum atomic E-state index is 12.4. The van der Waals surface area contributed by atoms with Gasteiger partial charge in [-0.2, -0.15) is 5.26 Å². The predicted molar refractivity (Wildman–Crippen MR) is 86.7 cm³/mol. The molecule has 3 rings (SSSR count). The van der Waals surface area contributed by atoms with Gasteiger partial charge in [-0.25, -0.2) is 4.98 Å². The lowest BCUT2D eigenvalue weighted by atomic mass is 10.1. The molecule has 5 heteroatoms. The van der Waals surface area contributed by atoms with Gasteiger partial charge < -0.3 is 5.32 Å². The molecule has 0 saturated carbocycles. The van der Waals surface area contributed by atoms with Crippen LogP contribution in [0.15, 0.2) is 60.1 Å². The zero-order valence-electron chi connectivity index (χ0n) is 11.5. The highest BCUT2D eigenvalue weighted by atomic mass is 32.1. The Morgan fingerprint density at radius 1 is 1.18 bits per heavy atom. The molecule has 1 heterocycles. The number of para-hydroxylation sites is 1. The highest BCUT2D eigenvalue weighted by Gasteiger charge is 2.10. The lowest BCUT2D eigenvalue weighted by molar-refractivity contribution is 0.102. The van der Waals surface area contributed by atoms with Crippen molar-refractivity contribution < 1.29 is 4.79 Å². The van der Waals surface area contributed by atoms with E-state index in [4.69, 9.17) is 5.26 Å². The molecule has 22 heavy (non-hydrogen) atoms. The van der Waals surface area contributed by atoms with Crippen LogP contribution in [0.5, 0.6) is 0 Å². The fraction of sp³-hybridized carbons (Fsp3) is 0. The van der Waals surface area contributed by atoms with E-state index in [1.807, 2.05) is 17.5 Å². The second kappa shape index (κ2) is 6.20. The van der Waals surface area contributed by atoms with E-state index in [9.17, 15) is 4.79 Å². The minimum atomic E-state index is -0.249. The molecule has 0 aliphatic heterocycles. The fourth-order valence-electron chi connectivity index (χ4n) is 2.04. The number of hydrogen-bond donors (Lipinski definition) is 1. The first-order chi connectivity index (χ1) is 10.8. The molecule has 106 valence electrons. The van der Waals surface area contributed by atoms with E-state index in [1.54, 1.807) is 42.6 Å². The molecular weight excluding hydrogens is 294 g/mol. The van der Waals surface area contributed by atoms with Crippen molar-refractivity contribution in [2.45, 2.75) is 0 Å². The molecule has 2 aromatic carbocycles. The van der Waals surface area contributed by atoms with Gasteiger partial charge in [0.2, 0.25) is 0 Å². The summed E-state index contributed by atoms with van der Waals surface area (Å²) < 4.78 is 0. The van der Waals surface area contributed by atoms with Gasteiger partial charge in [-0.3, -0.25) is 4.79 Å². The van der Waals surface area contributed by atoms with Gasteiger partial charge in [0.15, 0.2) is 0 Å². The lowest BCUT2D eigenvalue weighted by Gasteiger charge is -2.07. The first-order valence-electron chi connectivity index (χ1n) is 6.58. The minimum absolute atomic E-state index is 0.249. The third kappa shape index (κ3) is 2.87. The molecule has 1 aromatic heterocycles. The average molecular weight is 305 g/mol. The molecular formula is C17H11N3OS. The molecule has 0 aliphatic carbocycles. The van der Waals surface area contributed by atoms with Crippen LogP contribution in [0.4, 0.5) is 5.69 Å². The smallest absolute Gasteiger partial charge is 0.255 e. The normalized spacial score (nSPS) is 9.95. The average Bonchev–Trinajstić information content (AvgIpc) is 3.10. The number of nitrogens with one attached hydrogen (secondary N) is 1. The van der Waals surface area contributed by atoms with Crippen LogP contribution in [-0.2, 0) is 0 Å². The Hall–Kier alpha value is -2.97. The first kappa shape index (κ1) is 14.0. The van der Waals surface area contributed by atoms with Crippen molar-refractivity contribution in [2.24, 2.45) is 0 Å². The van der Waals surface area contributed by atoms with Crippen molar-refractivity contribution in [1.82, 2.24) is 4.98 Å². The molecule has 0 fully saturated rings. The SMILES string of the molecule is N#Cc1ccccc1NC(=O)c1cccc(-c2nccs2)c1. The summed E-state index contributed by atoms with van der Waals surface area (Å²) in [5, 5.41) is 14.6. The Bertz CT molecular complexity index is 850. The largest absolute Gasteiger partial charge is 0.321 e. The standard InChI is InChI=1S/C17H11N3OS/c18-11-14-4-1-2-7-15(14)20-16(21)12-5-3-6-13(10-12)17-19-8-9-22-17/h1-10H,(H,20,21).